The van der Waals surface area contributed by atoms with Gasteiger partial charge in [-0.3, -0.25) is 9.69 Å². The van der Waals surface area contributed by atoms with E-state index in [2.05, 4.69) is 9.88 Å². The van der Waals surface area contributed by atoms with E-state index in [0.717, 1.165) is 30.6 Å². The number of hydrogen-bond acceptors (Lipinski definition) is 4. The molecular formula is C17H20FN3O2. The summed E-state index contributed by atoms with van der Waals surface area (Å²) in [6.07, 6.45) is 3.49. The molecule has 0 unspecified atom stereocenters. The van der Waals surface area contributed by atoms with Crippen LogP contribution in [0, 0.1) is 5.82 Å². The van der Waals surface area contributed by atoms with Gasteiger partial charge in [-0.2, -0.15) is 0 Å². The van der Waals surface area contributed by atoms with Crippen molar-refractivity contribution in [2.75, 3.05) is 20.6 Å². The van der Waals surface area contributed by atoms with E-state index >= 15 is 0 Å². The Hall–Kier alpha value is -2.21. The molecule has 1 fully saturated rings. The smallest absolute Gasteiger partial charge is 0.239 e. The Labute approximate surface area is 134 Å². The molecule has 2 heterocycles. The van der Waals surface area contributed by atoms with E-state index in [1.165, 1.54) is 12.1 Å². The van der Waals surface area contributed by atoms with Crippen molar-refractivity contribution in [2.45, 2.75) is 25.4 Å². The molecule has 1 saturated heterocycles. The first kappa shape index (κ1) is 15.7. The van der Waals surface area contributed by atoms with Crippen molar-refractivity contribution in [3.05, 3.63) is 42.0 Å². The lowest BCUT2D eigenvalue weighted by Crippen LogP contribution is -2.42. The van der Waals surface area contributed by atoms with Crippen LogP contribution in [0.15, 0.2) is 34.9 Å². The molecule has 1 atom stereocenters. The number of oxazole rings is 1. The number of amides is 1. The van der Waals surface area contributed by atoms with Gasteiger partial charge in [0.05, 0.1) is 11.7 Å². The molecule has 2 aromatic rings. The highest BCUT2D eigenvalue weighted by atomic mass is 19.1. The second-order valence-electron chi connectivity index (χ2n) is 6.01. The molecule has 0 N–H and O–H groups in total. The van der Waals surface area contributed by atoms with Gasteiger partial charge in [-0.15, -0.1) is 0 Å². The van der Waals surface area contributed by atoms with Crippen molar-refractivity contribution < 1.29 is 13.6 Å². The Morgan fingerprint density at radius 2 is 2.13 bits per heavy atom. The average Bonchev–Trinajstić information content (AvgIpc) is 3.17. The maximum absolute atomic E-state index is 13.0. The van der Waals surface area contributed by atoms with Gasteiger partial charge in [-0.1, -0.05) is 0 Å². The van der Waals surface area contributed by atoms with Gasteiger partial charge < -0.3 is 9.32 Å². The number of likely N-dealkylation sites (tertiary alicyclic amines) is 1. The Balaban J connectivity index is 1.71. The van der Waals surface area contributed by atoms with Crippen molar-refractivity contribution in [2.24, 2.45) is 0 Å². The fourth-order valence-corrected chi connectivity index (χ4v) is 2.91. The van der Waals surface area contributed by atoms with Gasteiger partial charge >= 0.3 is 0 Å². The van der Waals surface area contributed by atoms with Crippen LogP contribution in [0.2, 0.25) is 0 Å². The second kappa shape index (κ2) is 6.50. The Bertz CT molecular complexity index is 681. The first-order valence-corrected chi connectivity index (χ1v) is 7.70. The number of aromatic nitrogens is 1. The molecule has 1 aromatic heterocycles. The van der Waals surface area contributed by atoms with Gasteiger partial charge in [0.2, 0.25) is 11.8 Å². The summed E-state index contributed by atoms with van der Waals surface area (Å²) in [7, 11) is 3.56. The molecule has 0 bridgehead atoms. The van der Waals surface area contributed by atoms with E-state index in [-0.39, 0.29) is 17.8 Å². The number of carbonyl (C=O) groups excluding carboxylic acids is 1. The summed E-state index contributed by atoms with van der Waals surface area (Å²) < 4.78 is 18.5. The van der Waals surface area contributed by atoms with Crippen LogP contribution < -0.4 is 0 Å². The van der Waals surface area contributed by atoms with E-state index in [0.29, 0.717) is 12.4 Å². The lowest BCUT2D eigenvalue weighted by atomic mass is 10.2. The lowest BCUT2D eigenvalue weighted by molar-refractivity contribution is -0.133. The minimum absolute atomic E-state index is 0.0871. The van der Waals surface area contributed by atoms with Crippen molar-refractivity contribution >= 4 is 5.91 Å². The monoisotopic (exact) mass is 317 g/mol. The zero-order valence-electron chi connectivity index (χ0n) is 13.3. The predicted molar refractivity (Wildman–Crippen MR) is 84.0 cm³/mol. The van der Waals surface area contributed by atoms with Crippen LogP contribution >= 0.6 is 0 Å². The van der Waals surface area contributed by atoms with Gasteiger partial charge in [0.15, 0.2) is 0 Å². The highest BCUT2D eigenvalue weighted by Crippen LogP contribution is 2.23. The molecular weight excluding hydrogens is 297 g/mol. The summed E-state index contributed by atoms with van der Waals surface area (Å²) >= 11 is 0. The topological polar surface area (TPSA) is 49.6 Å². The van der Waals surface area contributed by atoms with Crippen molar-refractivity contribution in [3.8, 4) is 11.5 Å². The van der Waals surface area contributed by atoms with E-state index < -0.39 is 0 Å². The summed E-state index contributed by atoms with van der Waals surface area (Å²) in [6.45, 7) is 1.46. The number of nitrogens with zero attached hydrogens (tertiary/aromatic N) is 3. The standard InChI is InChI=1S/C17H20FN3O2/c1-20(2)17(22)15-4-3-9-21(15)10-14-11-23-16(19-14)12-5-7-13(18)8-6-12/h5-8,11,15H,3-4,9-10H2,1-2H3/t15-/m0/s1. The molecule has 0 spiro atoms. The molecule has 122 valence electrons. The van der Waals surface area contributed by atoms with Crippen molar-refractivity contribution in [1.29, 1.82) is 0 Å². The zero-order valence-corrected chi connectivity index (χ0v) is 13.3. The summed E-state index contributed by atoms with van der Waals surface area (Å²) in [4.78, 5) is 20.4. The third kappa shape index (κ3) is 3.42. The quantitative estimate of drug-likeness (QED) is 0.869. The van der Waals surface area contributed by atoms with Crippen LogP contribution in [0.5, 0.6) is 0 Å². The fourth-order valence-electron chi connectivity index (χ4n) is 2.91. The zero-order chi connectivity index (χ0) is 16.4. The van der Waals surface area contributed by atoms with Crippen LogP contribution in [-0.4, -0.2) is 47.4 Å². The molecule has 3 rings (SSSR count). The lowest BCUT2D eigenvalue weighted by Gasteiger charge is -2.25. The Morgan fingerprint density at radius 1 is 1.39 bits per heavy atom. The highest BCUT2D eigenvalue weighted by molar-refractivity contribution is 5.81. The van der Waals surface area contributed by atoms with Gasteiger partial charge in [-0.05, 0) is 43.7 Å². The predicted octanol–water partition coefficient (Wildman–Crippen LogP) is 2.53. The maximum Gasteiger partial charge on any atom is 0.239 e. The van der Waals surface area contributed by atoms with Crippen LogP contribution in [0.1, 0.15) is 18.5 Å². The minimum atomic E-state index is -0.289. The SMILES string of the molecule is CN(C)C(=O)[C@@H]1CCCN1Cc1coc(-c2ccc(F)cc2)n1. The van der Waals surface area contributed by atoms with Crippen LogP contribution in [0.4, 0.5) is 4.39 Å². The summed E-state index contributed by atoms with van der Waals surface area (Å²) in [6, 6.07) is 5.95. The van der Waals surface area contributed by atoms with Gasteiger partial charge in [-0.25, -0.2) is 9.37 Å². The Morgan fingerprint density at radius 3 is 2.83 bits per heavy atom. The summed E-state index contributed by atoms with van der Waals surface area (Å²) in [5.41, 5.74) is 1.52. The number of halogens is 1. The first-order valence-electron chi connectivity index (χ1n) is 7.70. The molecule has 1 aliphatic heterocycles. The molecule has 1 aliphatic rings. The molecule has 1 amide bonds. The van der Waals surface area contributed by atoms with E-state index in [9.17, 15) is 9.18 Å². The Kier molecular flexibility index (Phi) is 4.43. The fraction of sp³-hybridized carbons (Fsp3) is 0.412. The highest BCUT2D eigenvalue weighted by Gasteiger charge is 2.32. The number of carbonyl (C=O) groups is 1. The minimum Gasteiger partial charge on any atom is -0.444 e. The van der Waals surface area contributed by atoms with E-state index in [4.69, 9.17) is 4.42 Å². The second-order valence-corrected chi connectivity index (χ2v) is 6.01. The number of rotatable bonds is 4. The van der Waals surface area contributed by atoms with E-state index in [1.807, 2.05) is 0 Å². The molecule has 5 nitrogen and oxygen atoms in total. The number of hydrogen-bond donors (Lipinski definition) is 0. The molecule has 0 saturated carbocycles. The molecule has 0 aliphatic carbocycles. The van der Waals surface area contributed by atoms with Gasteiger partial charge in [0.1, 0.15) is 12.1 Å². The summed E-state index contributed by atoms with van der Waals surface area (Å²) in [5.74, 6) is 0.307. The average molecular weight is 317 g/mol. The van der Waals surface area contributed by atoms with Crippen molar-refractivity contribution in [3.63, 3.8) is 0 Å². The molecule has 1 aromatic carbocycles. The van der Waals surface area contributed by atoms with Crippen LogP contribution in [0.25, 0.3) is 11.5 Å². The van der Waals surface area contributed by atoms with Gasteiger partial charge in [0.25, 0.3) is 0 Å². The maximum atomic E-state index is 13.0. The molecule has 6 heteroatoms. The van der Waals surface area contributed by atoms with Crippen molar-refractivity contribution in [1.82, 2.24) is 14.8 Å². The summed E-state index contributed by atoms with van der Waals surface area (Å²) in [5, 5.41) is 0. The third-order valence-electron chi connectivity index (χ3n) is 4.10. The van der Waals surface area contributed by atoms with Crippen LogP contribution in [0.3, 0.4) is 0 Å². The van der Waals surface area contributed by atoms with E-state index in [1.54, 1.807) is 37.4 Å². The largest absolute Gasteiger partial charge is 0.444 e. The molecule has 0 radical (unpaired) electrons. The third-order valence-corrected chi connectivity index (χ3v) is 4.10. The normalized spacial score (nSPS) is 18.3. The molecule has 23 heavy (non-hydrogen) atoms. The number of benzene rings is 1. The number of likely N-dealkylation sites (N-methyl/N-ethyl adjacent to an activating group) is 1. The van der Waals surface area contributed by atoms with Gasteiger partial charge in [0, 0.05) is 26.2 Å². The first-order chi connectivity index (χ1) is 11.0. The van der Waals surface area contributed by atoms with Crippen LogP contribution in [-0.2, 0) is 11.3 Å².